The third-order valence-corrected chi connectivity index (χ3v) is 2.53. The van der Waals surface area contributed by atoms with Crippen LogP contribution < -0.4 is 5.73 Å². The van der Waals surface area contributed by atoms with Crippen LogP contribution in [0.1, 0.15) is 17.3 Å². The highest BCUT2D eigenvalue weighted by Crippen LogP contribution is 2.21. The normalized spacial score (nSPS) is 12.5. The van der Waals surface area contributed by atoms with Gasteiger partial charge in [-0.1, -0.05) is 0 Å². The van der Waals surface area contributed by atoms with Gasteiger partial charge in [-0.2, -0.15) is 0 Å². The van der Waals surface area contributed by atoms with Gasteiger partial charge in [-0.05, 0) is 41.1 Å². The molecule has 0 aliphatic carbocycles. The van der Waals surface area contributed by atoms with Crippen molar-refractivity contribution in [3.8, 4) is 0 Å². The molecule has 70 valence electrons. The number of Topliss-reactive ketones (excluding diaryl/α,β-unsaturated/α-hetero) is 1. The fraction of sp³-hybridized carbons (Fsp3) is 0.222. The van der Waals surface area contributed by atoms with Crippen LogP contribution in [0.5, 0.6) is 0 Å². The molecule has 2 nitrogen and oxygen atoms in total. The highest BCUT2D eigenvalue weighted by molar-refractivity contribution is 9.10. The van der Waals surface area contributed by atoms with Gasteiger partial charge in [0.2, 0.25) is 0 Å². The Kier molecular flexibility index (Phi) is 3.33. The molecule has 1 rings (SSSR count). The first-order valence-electron chi connectivity index (χ1n) is 3.75. The molecule has 1 aromatic carbocycles. The van der Waals surface area contributed by atoms with E-state index in [4.69, 9.17) is 17.3 Å². The lowest BCUT2D eigenvalue weighted by Crippen LogP contribution is -2.10. The van der Waals surface area contributed by atoms with E-state index in [0.717, 1.165) is 4.47 Å². The zero-order valence-electron chi connectivity index (χ0n) is 7.05. The molecule has 0 aliphatic heterocycles. The summed E-state index contributed by atoms with van der Waals surface area (Å²) in [7, 11) is 0. The summed E-state index contributed by atoms with van der Waals surface area (Å²) in [5.41, 5.74) is 6.76. The maximum absolute atomic E-state index is 11.4. The number of nitrogen functional groups attached to an aromatic ring is 1. The highest BCUT2D eigenvalue weighted by Gasteiger charge is 2.12. The number of rotatable bonds is 2. The van der Waals surface area contributed by atoms with Gasteiger partial charge in [-0.25, -0.2) is 0 Å². The molecule has 1 atom stereocenters. The van der Waals surface area contributed by atoms with Crippen molar-refractivity contribution in [1.29, 1.82) is 0 Å². The van der Waals surface area contributed by atoms with Crippen molar-refractivity contribution in [2.45, 2.75) is 12.3 Å². The van der Waals surface area contributed by atoms with E-state index in [-0.39, 0.29) is 5.78 Å². The summed E-state index contributed by atoms with van der Waals surface area (Å²) in [5.74, 6) is -0.0950. The van der Waals surface area contributed by atoms with E-state index in [9.17, 15) is 4.79 Å². The van der Waals surface area contributed by atoms with Gasteiger partial charge in [-0.15, -0.1) is 11.6 Å². The summed E-state index contributed by atoms with van der Waals surface area (Å²) >= 11 is 8.90. The SMILES string of the molecule is CC(Cl)C(=O)c1ccc(N)c(Br)c1. The van der Waals surface area contributed by atoms with Crippen LogP contribution in [0.15, 0.2) is 22.7 Å². The van der Waals surface area contributed by atoms with E-state index >= 15 is 0 Å². The number of benzene rings is 1. The molecular weight excluding hydrogens is 253 g/mol. The van der Waals surface area contributed by atoms with Crippen molar-refractivity contribution in [3.63, 3.8) is 0 Å². The number of hydrogen-bond donors (Lipinski definition) is 1. The van der Waals surface area contributed by atoms with Gasteiger partial charge in [-0.3, -0.25) is 4.79 Å². The lowest BCUT2D eigenvalue weighted by Gasteiger charge is -2.04. The second-order valence-corrected chi connectivity index (χ2v) is 4.23. The minimum absolute atomic E-state index is 0.0950. The number of carbonyl (C=O) groups excluding carboxylic acids is 1. The van der Waals surface area contributed by atoms with Gasteiger partial charge in [0.25, 0.3) is 0 Å². The summed E-state index contributed by atoms with van der Waals surface area (Å²) in [6.07, 6.45) is 0. The molecule has 0 spiro atoms. The molecule has 0 fully saturated rings. The van der Waals surface area contributed by atoms with Crippen molar-refractivity contribution in [2.75, 3.05) is 5.73 Å². The summed E-state index contributed by atoms with van der Waals surface area (Å²) < 4.78 is 0.718. The van der Waals surface area contributed by atoms with Gasteiger partial charge < -0.3 is 5.73 Å². The molecule has 0 heterocycles. The number of anilines is 1. The monoisotopic (exact) mass is 261 g/mol. The first kappa shape index (κ1) is 10.5. The number of nitrogens with two attached hydrogens (primary N) is 1. The third kappa shape index (κ3) is 2.45. The molecular formula is C9H9BrClNO. The fourth-order valence-corrected chi connectivity index (χ4v) is 1.41. The van der Waals surface area contributed by atoms with Gasteiger partial charge in [0.15, 0.2) is 5.78 Å². The standard InChI is InChI=1S/C9H9BrClNO/c1-5(11)9(13)6-2-3-8(12)7(10)4-6/h2-5H,12H2,1H3. The summed E-state index contributed by atoms with van der Waals surface area (Å²) in [6.45, 7) is 1.65. The maximum atomic E-state index is 11.4. The lowest BCUT2D eigenvalue weighted by atomic mass is 10.1. The van der Waals surface area contributed by atoms with E-state index in [2.05, 4.69) is 15.9 Å². The van der Waals surface area contributed by atoms with E-state index in [1.54, 1.807) is 25.1 Å². The largest absolute Gasteiger partial charge is 0.398 e. The van der Waals surface area contributed by atoms with Crippen molar-refractivity contribution >= 4 is 39.0 Å². The van der Waals surface area contributed by atoms with Crippen LogP contribution in [0, 0.1) is 0 Å². The molecule has 2 N–H and O–H groups in total. The van der Waals surface area contributed by atoms with Crippen LogP contribution in [-0.2, 0) is 0 Å². The highest BCUT2D eigenvalue weighted by atomic mass is 79.9. The number of ketones is 1. The molecule has 1 unspecified atom stereocenters. The van der Waals surface area contributed by atoms with Crippen molar-refractivity contribution in [1.82, 2.24) is 0 Å². The summed E-state index contributed by atoms with van der Waals surface area (Å²) in [4.78, 5) is 11.4. The Hall–Kier alpha value is -0.540. The molecule has 0 radical (unpaired) electrons. The summed E-state index contributed by atoms with van der Waals surface area (Å²) in [5, 5.41) is -0.504. The first-order chi connectivity index (χ1) is 6.02. The van der Waals surface area contributed by atoms with Crippen LogP contribution in [0.2, 0.25) is 0 Å². The Balaban J connectivity index is 3.04. The van der Waals surface area contributed by atoms with E-state index in [1.807, 2.05) is 0 Å². The van der Waals surface area contributed by atoms with Crippen LogP contribution >= 0.6 is 27.5 Å². The van der Waals surface area contributed by atoms with Crippen molar-refractivity contribution in [2.24, 2.45) is 0 Å². The van der Waals surface area contributed by atoms with Gasteiger partial charge in [0, 0.05) is 15.7 Å². The Bertz CT molecular complexity index is 338. The zero-order chi connectivity index (χ0) is 10.0. The minimum atomic E-state index is -0.504. The van der Waals surface area contributed by atoms with Crippen LogP contribution in [0.4, 0.5) is 5.69 Å². The van der Waals surface area contributed by atoms with Crippen molar-refractivity contribution < 1.29 is 4.79 Å². The number of alkyl halides is 1. The molecule has 13 heavy (non-hydrogen) atoms. The second kappa shape index (κ2) is 4.11. The van der Waals surface area contributed by atoms with E-state index in [0.29, 0.717) is 11.3 Å². The second-order valence-electron chi connectivity index (χ2n) is 2.72. The number of halogens is 2. The van der Waals surface area contributed by atoms with Crippen LogP contribution in [-0.4, -0.2) is 11.2 Å². The molecule has 0 saturated heterocycles. The zero-order valence-corrected chi connectivity index (χ0v) is 9.39. The van der Waals surface area contributed by atoms with Gasteiger partial charge >= 0.3 is 0 Å². The van der Waals surface area contributed by atoms with E-state index < -0.39 is 5.38 Å². The molecule has 0 saturated carbocycles. The number of carbonyl (C=O) groups is 1. The smallest absolute Gasteiger partial charge is 0.180 e. The average molecular weight is 263 g/mol. The van der Waals surface area contributed by atoms with Gasteiger partial charge in [0.1, 0.15) is 0 Å². The van der Waals surface area contributed by atoms with Gasteiger partial charge in [0.05, 0.1) is 5.38 Å². The maximum Gasteiger partial charge on any atom is 0.180 e. The predicted molar refractivity (Wildman–Crippen MR) is 58.2 cm³/mol. The Morgan fingerprint density at radius 2 is 2.23 bits per heavy atom. The number of hydrogen-bond acceptors (Lipinski definition) is 2. The quantitative estimate of drug-likeness (QED) is 0.506. The fourth-order valence-electron chi connectivity index (χ4n) is 0.910. The Morgan fingerprint density at radius 3 is 2.69 bits per heavy atom. The predicted octanol–water partition coefficient (Wildman–Crippen LogP) is 2.84. The Labute approximate surface area is 90.2 Å². The average Bonchev–Trinajstić information content (AvgIpc) is 2.08. The minimum Gasteiger partial charge on any atom is -0.398 e. The van der Waals surface area contributed by atoms with E-state index in [1.165, 1.54) is 0 Å². The Morgan fingerprint density at radius 1 is 1.62 bits per heavy atom. The van der Waals surface area contributed by atoms with Crippen LogP contribution in [0.3, 0.4) is 0 Å². The summed E-state index contributed by atoms with van der Waals surface area (Å²) in [6, 6.07) is 5.02. The molecule has 0 bridgehead atoms. The molecule has 0 amide bonds. The lowest BCUT2D eigenvalue weighted by molar-refractivity contribution is 0.0991. The topological polar surface area (TPSA) is 43.1 Å². The molecule has 1 aromatic rings. The van der Waals surface area contributed by atoms with Crippen molar-refractivity contribution in [3.05, 3.63) is 28.2 Å². The molecule has 4 heteroatoms. The molecule has 0 aliphatic rings. The third-order valence-electron chi connectivity index (χ3n) is 1.65. The van der Waals surface area contributed by atoms with Crippen LogP contribution in [0.25, 0.3) is 0 Å². The molecule has 0 aromatic heterocycles. The first-order valence-corrected chi connectivity index (χ1v) is 4.98.